The fourth-order valence-electron chi connectivity index (χ4n) is 2.25. The standard InChI is InChI=1S/C19H20ClN3O3S/c1-27-12-11-16(21-17(24)13-7-3-2-4-8-13)19(26)23-22-18(25)14-9-5-6-10-15(14)20/h2-10,16H,11-12H2,1H3,(H,21,24)(H,22,25)(H,23,26)/t16-/m0/s1. The van der Waals surface area contributed by atoms with E-state index in [4.69, 9.17) is 11.6 Å². The monoisotopic (exact) mass is 405 g/mol. The van der Waals surface area contributed by atoms with Gasteiger partial charge in [-0.2, -0.15) is 11.8 Å². The first-order valence-corrected chi connectivity index (χ1v) is 9.99. The van der Waals surface area contributed by atoms with Crippen LogP contribution in [0.3, 0.4) is 0 Å². The van der Waals surface area contributed by atoms with E-state index in [-0.39, 0.29) is 16.5 Å². The fraction of sp³-hybridized carbons (Fsp3) is 0.211. The summed E-state index contributed by atoms with van der Waals surface area (Å²) in [6, 6.07) is 14.3. The van der Waals surface area contributed by atoms with Crippen LogP contribution in [-0.4, -0.2) is 35.8 Å². The number of thioether (sulfide) groups is 1. The lowest BCUT2D eigenvalue weighted by molar-refractivity contribution is -0.123. The molecule has 0 saturated heterocycles. The Kier molecular flexibility index (Phi) is 8.16. The molecule has 8 heteroatoms. The van der Waals surface area contributed by atoms with Crippen molar-refractivity contribution in [2.24, 2.45) is 0 Å². The van der Waals surface area contributed by atoms with Gasteiger partial charge >= 0.3 is 0 Å². The highest BCUT2D eigenvalue weighted by molar-refractivity contribution is 7.98. The molecule has 0 unspecified atom stereocenters. The van der Waals surface area contributed by atoms with Crippen LogP contribution in [0.15, 0.2) is 54.6 Å². The Morgan fingerprint density at radius 1 is 0.963 bits per heavy atom. The molecule has 0 bridgehead atoms. The molecule has 1 atom stereocenters. The largest absolute Gasteiger partial charge is 0.340 e. The molecule has 2 rings (SSSR count). The third kappa shape index (κ3) is 6.30. The maximum atomic E-state index is 12.5. The van der Waals surface area contributed by atoms with E-state index in [1.165, 1.54) is 0 Å². The van der Waals surface area contributed by atoms with E-state index in [1.54, 1.807) is 66.4 Å². The SMILES string of the molecule is CSCC[C@H](NC(=O)c1ccccc1)C(=O)NNC(=O)c1ccccc1Cl. The Morgan fingerprint density at radius 2 is 1.63 bits per heavy atom. The summed E-state index contributed by atoms with van der Waals surface area (Å²) in [6.45, 7) is 0. The molecule has 0 aliphatic carbocycles. The van der Waals surface area contributed by atoms with Gasteiger partial charge in [0, 0.05) is 5.56 Å². The molecule has 0 aliphatic heterocycles. The summed E-state index contributed by atoms with van der Waals surface area (Å²) >= 11 is 7.53. The van der Waals surface area contributed by atoms with Crippen molar-refractivity contribution in [1.82, 2.24) is 16.2 Å². The van der Waals surface area contributed by atoms with Crippen molar-refractivity contribution in [2.45, 2.75) is 12.5 Å². The van der Waals surface area contributed by atoms with Gasteiger partial charge in [0.05, 0.1) is 10.6 Å². The molecule has 0 spiro atoms. The first kappa shape index (κ1) is 20.8. The molecule has 0 radical (unpaired) electrons. The normalized spacial score (nSPS) is 11.3. The molecule has 0 heterocycles. The van der Waals surface area contributed by atoms with E-state index in [2.05, 4.69) is 16.2 Å². The molecule has 2 aromatic carbocycles. The molecular formula is C19H20ClN3O3S. The van der Waals surface area contributed by atoms with Gasteiger partial charge in [0.15, 0.2) is 0 Å². The fourth-order valence-corrected chi connectivity index (χ4v) is 2.95. The van der Waals surface area contributed by atoms with Crippen LogP contribution in [0.5, 0.6) is 0 Å². The van der Waals surface area contributed by atoms with Crippen molar-refractivity contribution in [2.75, 3.05) is 12.0 Å². The zero-order chi connectivity index (χ0) is 19.6. The van der Waals surface area contributed by atoms with E-state index in [0.717, 1.165) is 0 Å². The highest BCUT2D eigenvalue weighted by Crippen LogP contribution is 2.14. The molecule has 6 nitrogen and oxygen atoms in total. The number of benzene rings is 2. The van der Waals surface area contributed by atoms with Crippen molar-refractivity contribution >= 4 is 41.1 Å². The average molecular weight is 406 g/mol. The maximum Gasteiger partial charge on any atom is 0.271 e. The summed E-state index contributed by atoms with van der Waals surface area (Å²) < 4.78 is 0. The summed E-state index contributed by atoms with van der Waals surface area (Å²) in [5, 5.41) is 2.98. The second kappa shape index (κ2) is 10.6. The Labute approximate surface area is 167 Å². The van der Waals surface area contributed by atoms with Crippen LogP contribution < -0.4 is 16.2 Å². The van der Waals surface area contributed by atoms with E-state index >= 15 is 0 Å². The zero-order valence-electron chi connectivity index (χ0n) is 14.7. The van der Waals surface area contributed by atoms with Crippen LogP contribution in [0.25, 0.3) is 0 Å². The van der Waals surface area contributed by atoms with Crippen LogP contribution in [0, 0.1) is 0 Å². The third-order valence-electron chi connectivity index (χ3n) is 3.69. The Bertz CT molecular complexity index is 802. The first-order valence-electron chi connectivity index (χ1n) is 8.22. The van der Waals surface area contributed by atoms with Gasteiger partial charge in [-0.3, -0.25) is 25.2 Å². The van der Waals surface area contributed by atoms with Crippen LogP contribution in [0.1, 0.15) is 27.1 Å². The van der Waals surface area contributed by atoms with E-state index in [9.17, 15) is 14.4 Å². The first-order chi connectivity index (χ1) is 13.0. The zero-order valence-corrected chi connectivity index (χ0v) is 16.3. The van der Waals surface area contributed by atoms with Gasteiger partial charge in [0.25, 0.3) is 17.7 Å². The second-order valence-corrected chi connectivity index (χ2v) is 6.99. The van der Waals surface area contributed by atoms with Crippen LogP contribution in [-0.2, 0) is 4.79 Å². The van der Waals surface area contributed by atoms with Crippen molar-refractivity contribution in [3.8, 4) is 0 Å². The Morgan fingerprint density at radius 3 is 2.30 bits per heavy atom. The highest BCUT2D eigenvalue weighted by Gasteiger charge is 2.22. The lowest BCUT2D eigenvalue weighted by atomic mass is 10.1. The molecule has 27 heavy (non-hydrogen) atoms. The second-order valence-electron chi connectivity index (χ2n) is 5.60. The van der Waals surface area contributed by atoms with Gasteiger partial charge in [-0.1, -0.05) is 41.9 Å². The van der Waals surface area contributed by atoms with Crippen LogP contribution in [0.2, 0.25) is 5.02 Å². The minimum Gasteiger partial charge on any atom is -0.340 e. The molecule has 0 aromatic heterocycles. The van der Waals surface area contributed by atoms with Gasteiger partial charge in [-0.05, 0) is 42.7 Å². The predicted octanol–water partition coefficient (Wildman–Crippen LogP) is 2.65. The number of hydrazine groups is 1. The van der Waals surface area contributed by atoms with Crippen LogP contribution >= 0.6 is 23.4 Å². The summed E-state index contributed by atoms with van der Waals surface area (Å²) in [6.07, 6.45) is 2.33. The van der Waals surface area contributed by atoms with Gasteiger partial charge in [0.1, 0.15) is 6.04 Å². The van der Waals surface area contributed by atoms with Crippen molar-refractivity contribution in [3.05, 3.63) is 70.7 Å². The number of halogens is 1. The minimum atomic E-state index is -0.781. The van der Waals surface area contributed by atoms with Gasteiger partial charge in [-0.25, -0.2) is 0 Å². The molecule has 142 valence electrons. The molecule has 0 fully saturated rings. The van der Waals surface area contributed by atoms with Gasteiger partial charge < -0.3 is 5.32 Å². The van der Waals surface area contributed by atoms with Gasteiger partial charge in [-0.15, -0.1) is 0 Å². The molecule has 0 saturated carbocycles. The van der Waals surface area contributed by atoms with E-state index in [1.807, 2.05) is 6.26 Å². The summed E-state index contributed by atoms with van der Waals surface area (Å²) in [7, 11) is 0. The molecule has 2 aromatic rings. The van der Waals surface area contributed by atoms with Crippen molar-refractivity contribution in [1.29, 1.82) is 0 Å². The minimum absolute atomic E-state index is 0.244. The smallest absolute Gasteiger partial charge is 0.271 e. The number of hydrogen-bond donors (Lipinski definition) is 3. The molecule has 3 N–H and O–H groups in total. The molecule has 3 amide bonds. The predicted molar refractivity (Wildman–Crippen MR) is 108 cm³/mol. The van der Waals surface area contributed by atoms with Crippen molar-refractivity contribution < 1.29 is 14.4 Å². The molecule has 0 aliphatic rings. The lowest BCUT2D eigenvalue weighted by Crippen LogP contribution is -2.52. The number of nitrogens with one attached hydrogen (secondary N) is 3. The Balaban J connectivity index is 1.98. The summed E-state index contributed by atoms with van der Waals surface area (Å²) in [4.78, 5) is 36.9. The maximum absolute atomic E-state index is 12.5. The number of rotatable bonds is 7. The average Bonchev–Trinajstić information content (AvgIpc) is 2.69. The van der Waals surface area contributed by atoms with Gasteiger partial charge in [0.2, 0.25) is 0 Å². The number of amides is 3. The number of hydrogen-bond acceptors (Lipinski definition) is 4. The quantitative estimate of drug-likeness (QED) is 0.618. The topological polar surface area (TPSA) is 87.3 Å². The molecular weight excluding hydrogens is 386 g/mol. The Hall–Kier alpha value is -2.51. The van der Waals surface area contributed by atoms with Crippen LogP contribution in [0.4, 0.5) is 0 Å². The van der Waals surface area contributed by atoms with Crippen molar-refractivity contribution in [3.63, 3.8) is 0 Å². The highest BCUT2D eigenvalue weighted by atomic mass is 35.5. The van der Waals surface area contributed by atoms with E-state index in [0.29, 0.717) is 17.7 Å². The number of carbonyl (C=O) groups is 3. The third-order valence-corrected chi connectivity index (χ3v) is 4.66. The van der Waals surface area contributed by atoms with E-state index < -0.39 is 17.9 Å². The number of carbonyl (C=O) groups excluding carboxylic acids is 3. The summed E-state index contributed by atoms with van der Waals surface area (Å²) in [5.41, 5.74) is 5.38. The summed E-state index contributed by atoms with van der Waals surface area (Å²) in [5.74, 6) is -0.721. The lowest BCUT2D eigenvalue weighted by Gasteiger charge is -2.18.